The lowest BCUT2D eigenvalue weighted by Crippen LogP contribution is -2.43. The van der Waals surface area contributed by atoms with Crippen molar-refractivity contribution in [2.75, 3.05) is 0 Å². The first-order valence-electron chi connectivity index (χ1n) is 5.79. The molecule has 2 rings (SSSR count). The SMILES string of the molecule is CC(=O)C1NC(C)=C(Cc2ccccc2)C(=O)O1. The highest BCUT2D eigenvalue weighted by Crippen LogP contribution is 2.18. The Balaban J connectivity index is 2.20. The zero-order valence-electron chi connectivity index (χ0n) is 10.4. The third-order valence-electron chi connectivity index (χ3n) is 2.86. The van der Waals surface area contributed by atoms with Gasteiger partial charge in [-0.3, -0.25) is 4.79 Å². The number of Topliss-reactive ketones (excluding diaryl/α,β-unsaturated/α-hetero) is 1. The standard InChI is InChI=1S/C14H15NO3/c1-9-12(8-11-6-4-3-5-7-11)14(17)18-13(15-9)10(2)16/h3-7,13,15H,8H2,1-2H3. The van der Waals surface area contributed by atoms with E-state index in [0.717, 1.165) is 5.56 Å². The molecule has 1 aromatic rings. The first-order valence-corrected chi connectivity index (χ1v) is 5.79. The second-order valence-electron chi connectivity index (χ2n) is 4.31. The lowest BCUT2D eigenvalue weighted by molar-refractivity contribution is -0.154. The van der Waals surface area contributed by atoms with Crippen LogP contribution in [0.5, 0.6) is 0 Å². The Morgan fingerprint density at radius 1 is 1.33 bits per heavy atom. The number of carbonyl (C=O) groups is 2. The molecule has 0 amide bonds. The van der Waals surface area contributed by atoms with E-state index in [1.807, 2.05) is 30.3 Å². The van der Waals surface area contributed by atoms with Crippen molar-refractivity contribution in [2.24, 2.45) is 0 Å². The van der Waals surface area contributed by atoms with E-state index in [-0.39, 0.29) is 5.78 Å². The van der Waals surface area contributed by atoms with Crippen molar-refractivity contribution in [2.45, 2.75) is 26.5 Å². The second-order valence-corrected chi connectivity index (χ2v) is 4.31. The summed E-state index contributed by atoms with van der Waals surface area (Å²) in [7, 11) is 0. The van der Waals surface area contributed by atoms with Crippen molar-refractivity contribution in [3.63, 3.8) is 0 Å². The Morgan fingerprint density at radius 3 is 2.56 bits per heavy atom. The summed E-state index contributed by atoms with van der Waals surface area (Å²) in [5.41, 5.74) is 2.31. The van der Waals surface area contributed by atoms with Crippen LogP contribution >= 0.6 is 0 Å². The van der Waals surface area contributed by atoms with Crippen LogP contribution in [0.3, 0.4) is 0 Å². The fraction of sp³-hybridized carbons (Fsp3) is 0.286. The van der Waals surface area contributed by atoms with Gasteiger partial charge in [0.25, 0.3) is 0 Å². The summed E-state index contributed by atoms with van der Waals surface area (Å²) >= 11 is 0. The number of ketones is 1. The minimum Gasteiger partial charge on any atom is -0.431 e. The van der Waals surface area contributed by atoms with Crippen molar-refractivity contribution in [3.05, 3.63) is 47.2 Å². The molecule has 1 heterocycles. The summed E-state index contributed by atoms with van der Waals surface area (Å²) in [6, 6.07) is 9.67. The number of ether oxygens (including phenoxy) is 1. The largest absolute Gasteiger partial charge is 0.431 e. The molecular formula is C14H15NO3. The average molecular weight is 245 g/mol. The van der Waals surface area contributed by atoms with Crippen molar-refractivity contribution >= 4 is 11.8 Å². The van der Waals surface area contributed by atoms with E-state index in [2.05, 4.69) is 5.32 Å². The van der Waals surface area contributed by atoms with Crippen molar-refractivity contribution in [1.82, 2.24) is 5.32 Å². The van der Waals surface area contributed by atoms with Crippen LogP contribution in [0, 0.1) is 0 Å². The van der Waals surface area contributed by atoms with E-state index >= 15 is 0 Å². The lowest BCUT2D eigenvalue weighted by atomic mass is 10.0. The van der Waals surface area contributed by atoms with E-state index < -0.39 is 12.2 Å². The zero-order valence-corrected chi connectivity index (χ0v) is 10.4. The number of esters is 1. The third-order valence-corrected chi connectivity index (χ3v) is 2.86. The minimum absolute atomic E-state index is 0.207. The summed E-state index contributed by atoms with van der Waals surface area (Å²) in [6.45, 7) is 3.18. The van der Waals surface area contributed by atoms with Gasteiger partial charge in [-0.15, -0.1) is 0 Å². The topological polar surface area (TPSA) is 55.4 Å². The lowest BCUT2D eigenvalue weighted by Gasteiger charge is -2.25. The molecule has 1 aliphatic rings. The minimum atomic E-state index is -0.850. The molecule has 18 heavy (non-hydrogen) atoms. The Bertz CT molecular complexity index is 505. The Morgan fingerprint density at radius 2 is 2.00 bits per heavy atom. The molecule has 1 aliphatic heterocycles. The molecule has 0 saturated heterocycles. The van der Waals surface area contributed by atoms with Gasteiger partial charge in [0.2, 0.25) is 6.23 Å². The molecular weight excluding hydrogens is 230 g/mol. The Labute approximate surface area is 106 Å². The zero-order chi connectivity index (χ0) is 13.1. The molecule has 0 fully saturated rings. The van der Waals surface area contributed by atoms with Crippen LogP contribution in [0.25, 0.3) is 0 Å². The maximum absolute atomic E-state index is 11.9. The fourth-order valence-corrected chi connectivity index (χ4v) is 1.83. The van der Waals surface area contributed by atoms with Gasteiger partial charge in [0, 0.05) is 19.0 Å². The van der Waals surface area contributed by atoms with Crippen LogP contribution in [0.1, 0.15) is 19.4 Å². The highest BCUT2D eigenvalue weighted by molar-refractivity contribution is 5.94. The van der Waals surface area contributed by atoms with Crippen molar-refractivity contribution < 1.29 is 14.3 Å². The van der Waals surface area contributed by atoms with Gasteiger partial charge in [0.05, 0.1) is 5.57 Å². The Kier molecular flexibility index (Phi) is 3.46. The van der Waals surface area contributed by atoms with E-state index in [4.69, 9.17) is 4.74 Å². The summed E-state index contributed by atoms with van der Waals surface area (Å²) in [5, 5.41) is 2.90. The molecule has 4 heteroatoms. The third kappa shape index (κ3) is 2.59. The number of nitrogens with one attached hydrogen (secondary N) is 1. The number of hydrogen-bond acceptors (Lipinski definition) is 4. The summed E-state index contributed by atoms with van der Waals surface area (Å²) < 4.78 is 5.05. The molecule has 1 unspecified atom stereocenters. The van der Waals surface area contributed by atoms with Gasteiger partial charge in [0.1, 0.15) is 0 Å². The maximum atomic E-state index is 11.9. The monoisotopic (exact) mass is 245 g/mol. The van der Waals surface area contributed by atoms with E-state index in [1.54, 1.807) is 6.92 Å². The number of rotatable bonds is 3. The number of cyclic esters (lactones) is 1. The molecule has 1 N–H and O–H groups in total. The van der Waals surface area contributed by atoms with Gasteiger partial charge in [-0.2, -0.15) is 0 Å². The molecule has 0 bridgehead atoms. The summed E-state index contributed by atoms with van der Waals surface area (Å²) in [4.78, 5) is 23.0. The van der Waals surface area contributed by atoms with E-state index in [9.17, 15) is 9.59 Å². The number of benzene rings is 1. The predicted molar refractivity (Wildman–Crippen MR) is 66.5 cm³/mol. The first-order chi connectivity index (χ1) is 8.58. The van der Waals surface area contributed by atoms with Crippen LogP contribution in [-0.4, -0.2) is 18.0 Å². The van der Waals surface area contributed by atoms with E-state index in [0.29, 0.717) is 17.7 Å². The van der Waals surface area contributed by atoms with Crippen LogP contribution < -0.4 is 5.32 Å². The highest BCUT2D eigenvalue weighted by atomic mass is 16.6. The number of allylic oxidation sites excluding steroid dienone is 1. The van der Waals surface area contributed by atoms with Crippen LogP contribution in [0.2, 0.25) is 0 Å². The van der Waals surface area contributed by atoms with Gasteiger partial charge >= 0.3 is 5.97 Å². The van der Waals surface area contributed by atoms with Gasteiger partial charge in [-0.25, -0.2) is 4.79 Å². The number of hydrogen-bond donors (Lipinski definition) is 1. The molecule has 4 nitrogen and oxygen atoms in total. The first kappa shape index (κ1) is 12.4. The maximum Gasteiger partial charge on any atom is 0.338 e. The summed E-state index contributed by atoms with van der Waals surface area (Å²) in [5.74, 6) is -0.628. The molecule has 0 spiro atoms. The van der Waals surface area contributed by atoms with Crippen LogP contribution in [0.15, 0.2) is 41.6 Å². The Hall–Kier alpha value is -2.10. The molecule has 0 aliphatic carbocycles. The predicted octanol–water partition coefficient (Wildman–Crippen LogP) is 1.56. The quantitative estimate of drug-likeness (QED) is 0.821. The number of carbonyl (C=O) groups excluding carboxylic acids is 2. The highest BCUT2D eigenvalue weighted by Gasteiger charge is 2.28. The second kappa shape index (κ2) is 5.04. The van der Waals surface area contributed by atoms with Gasteiger partial charge in [-0.05, 0) is 12.5 Å². The summed E-state index contributed by atoms with van der Waals surface area (Å²) in [6.07, 6.45) is -0.347. The fourth-order valence-electron chi connectivity index (χ4n) is 1.83. The average Bonchev–Trinajstić information content (AvgIpc) is 2.34. The normalized spacial score (nSPS) is 19.2. The molecule has 1 aromatic carbocycles. The van der Waals surface area contributed by atoms with Gasteiger partial charge < -0.3 is 10.1 Å². The molecule has 0 radical (unpaired) electrons. The van der Waals surface area contributed by atoms with E-state index in [1.165, 1.54) is 6.92 Å². The van der Waals surface area contributed by atoms with Gasteiger partial charge in [0.15, 0.2) is 5.78 Å². The molecule has 94 valence electrons. The van der Waals surface area contributed by atoms with Gasteiger partial charge in [-0.1, -0.05) is 30.3 Å². The van der Waals surface area contributed by atoms with Crippen molar-refractivity contribution in [3.8, 4) is 0 Å². The molecule has 1 atom stereocenters. The smallest absolute Gasteiger partial charge is 0.338 e. The molecule has 0 aromatic heterocycles. The molecule has 0 saturated carbocycles. The van der Waals surface area contributed by atoms with Crippen molar-refractivity contribution in [1.29, 1.82) is 0 Å². The van der Waals surface area contributed by atoms with Crippen LogP contribution in [-0.2, 0) is 20.7 Å². The van der Waals surface area contributed by atoms with Crippen LogP contribution in [0.4, 0.5) is 0 Å².